The molecule has 0 aliphatic rings. The smallest absolute Gasteiger partial charge is 0.257 e. The molecule has 1 aromatic carbocycles. The van der Waals surface area contributed by atoms with E-state index in [1.54, 1.807) is 24.3 Å². The van der Waals surface area contributed by atoms with E-state index in [9.17, 15) is 4.79 Å². The first-order chi connectivity index (χ1) is 9.33. The number of rotatable bonds is 5. The molecule has 1 aromatic rings. The van der Waals surface area contributed by atoms with Gasteiger partial charge in [-0.1, -0.05) is 38.1 Å². The van der Waals surface area contributed by atoms with Crippen molar-refractivity contribution in [1.29, 1.82) is 0 Å². The molecule has 0 unspecified atom stereocenters. The van der Waals surface area contributed by atoms with Crippen LogP contribution in [0.5, 0.6) is 5.75 Å². The quantitative estimate of drug-likeness (QED) is 0.328. The van der Waals surface area contributed by atoms with Crippen molar-refractivity contribution in [2.45, 2.75) is 20.8 Å². The third kappa shape index (κ3) is 5.17. The number of hydrogen-bond donors (Lipinski definition) is 3. The van der Waals surface area contributed by atoms with Gasteiger partial charge in [0.25, 0.3) is 5.91 Å². The number of hydrogen-bond acceptors (Lipinski definition) is 4. The highest BCUT2D eigenvalue weighted by molar-refractivity contribution is 5.99. The molecule has 0 aliphatic heterocycles. The van der Waals surface area contributed by atoms with E-state index in [4.69, 9.17) is 15.7 Å². The van der Waals surface area contributed by atoms with Crippen LogP contribution < -0.4 is 15.8 Å². The summed E-state index contributed by atoms with van der Waals surface area (Å²) in [7, 11) is 0. The van der Waals surface area contributed by atoms with Crippen LogP contribution >= 0.6 is 0 Å². The van der Waals surface area contributed by atoms with Gasteiger partial charge in [-0.05, 0) is 17.5 Å². The number of carbonyl (C=O) groups excluding carboxylic acids is 1. The summed E-state index contributed by atoms with van der Waals surface area (Å²) in [5.74, 6) is 0.124. The molecule has 0 spiro atoms. The minimum absolute atomic E-state index is 0.0154. The van der Waals surface area contributed by atoms with Crippen molar-refractivity contribution in [3.8, 4) is 5.75 Å². The van der Waals surface area contributed by atoms with Crippen molar-refractivity contribution in [1.82, 2.24) is 5.32 Å². The molecule has 0 aliphatic carbocycles. The number of oxime groups is 1. The minimum Gasteiger partial charge on any atom is -0.483 e. The van der Waals surface area contributed by atoms with Gasteiger partial charge in [-0.25, -0.2) is 0 Å². The Kier molecular flexibility index (Phi) is 5.37. The van der Waals surface area contributed by atoms with Gasteiger partial charge in [-0.2, -0.15) is 0 Å². The topological polar surface area (TPSA) is 96.9 Å². The number of amidine groups is 1. The maximum absolute atomic E-state index is 11.7. The highest BCUT2D eigenvalue weighted by atomic mass is 16.5. The van der Waals surface area contributed by atoms with E-state index in [0.717, 1.165) is 0 Å². The Morgan fingerprint density at radius 2 is 2.05 bits per heavy atom. The largest absolute Gasteiger partial charge is 0.483 e. The summed E-state index contributed by atoms with van der Waals surface area (Å²) < 4.78 is 5.40. The first-order valence-corrected chi connectivity index (χ1v) is 6.30. The van der Waals surface area contributed by atoms with Gasteiger partial charge >= 0.3 is 0 Å². The number of nitrogens with one attached hydrogen (secondary N) is 1. The molecule has 0 saturated carbocycles. The van der Waals surface area contributed by atoms with Crippen LogP contribution in [-0.4, -0.2) is 30.1 Å². The Morgan fingerprint density at radius 3 is 2.65 bits per heavy atom. The van der Waals surface area contributed by atoms with Crippen LogP contribution in [0.15, 0.2) is 29.4 Å². The van der Waals surface area contributed by atoms with E-state index < -0.39 is 0 Å². The van der Waals surface area contributed by atoms with Crippen LogP contribution in [-0.2, 0) is 4.79 Å². The zero-order chi connectivity index (χ0) is 15.2. The predicted molar refractivity (Wildman–Crippen MR) is 76.9 cm³/mol. The van der Waals surface area contributed by atoms with E-state index in [0.29, 0.717) is 17.9 Å². The summed E-state index contributed by atoms with van der Waals surface area (Å²) in [6.07, 6.45) is 0. The lowest BCUT2D eigenvalue weighted by atomic mass is 9.97. The summed E-state index contributed by atoms with van der Waals surface area (Å²) in [5.41, 5.74) is 6.00. The Labute approximate surface area is 118 Å². The molecular weight excluding hydrogens is 258 g/mol. The second-order valence-electron chi connectivity index (χ2n) is 5.61. The van der Waals surface area contributed by atoms with Crippen molar-refractivity contribution in [2.24, 2.45) is 16.3 Å². The molecule has 1 rings (SSSR count). The standard InChI is InChI=1S/C14H21N3O3/c1-14(2,3)9-16-12(18)8-20-11-7-5-4-6-10(11)13(15)17-19/h4-7,19H,8-9H2,1-3H3,(H2,15,17)(H,16,18). The molecular formula is C14H21N3O3. The number of carbonyl (C=O) groups is 1. The predicted octanol–water partition coefficient (Wildman–Crippen LogP) is 1.32. The fraction of sp³-hybridized carbons (Fsp3) is 0.429. The fourth-order valence-corrected chi connectivity index (χ4v) is 1.42. The normalized spacial score (nSPS) is 12.1. The van der Waals surface area contributed by atoms with Gasteiger partial charge in [0, 0.05) is 6.54 Å². The third-order valence-electron chi connectivity index (χ3n) is 2.45. The lowest BCUT2D eigenvalue weighted by Crippen LogP contribution is -2.35. The SMILES string of the molecule is CC(C)(C)CNC(=O)COc1ccccc1C(N)=NO. The average Bonchev–Trinajstić information content (AvgIpc) is 2.41. The van der Waals surface area contributed by atoms with Crippen LogP contribution in [0.2, 0.25) is 0 Å². The van der Waals surface area contributed by atoms with E-state index in [1.807, 2.05) is 20.8 Å². The number of nitrogens with two attached hydrogens (primary N) is 1. The molecule has 0 aromatic heterocycles. The van der Waals surface area contributed by atoms with Gasteiger partial charge in [0.15, 0.2) is 12.4 Å². The van der Waals surface area contributed by atoms with Crippen molar-refractivity contribution >= 4 is 11.7 Å². The Hall–Kier alpha value is -2.24. The molecule has 0 saturated heterocycles. The molecule has 0 bridgehead atoms. The Balaban J connectivity index is 2.60. The highest BCUT2D eigenvalue weighted by Crippen LogP contribution is 2.17. The first-order valence-electron chi connectivity index (χ1n) is 6.30. The van der Waals surface area contributed by atoms with Crippen LogP contribution in [0.3, 0.4) is 0 Å². The number of nitrogens with zero attached hydrogens (tertiary/aromatic N) is 1. The summed E-state index contributed by atoms with van der Waals surface area (Å²) >= 11 is 0. The van der Waals surface area contributed by atoms with Crippen LogP contribution in [0.4, 0.5) is 0 Å². The second-order valence-corrected chi connectivity index (χ2v) is 5.61. The maximum atomic E-state index is 11.7. The van der Waals surface area contributed by atoms with Crippen LogP contribution in [0.25, 0.3) is 0 Å². The molecule has 20 heavy (non-hydrogen) atoms. The van der Waals surface area contributed by atoms with Gasteiger partial charge in [-0.15, -0.1) is 0 Å². The second kappa shape index (κ2) is 6.79. The molecule has 1 amide bonds. The average molecular weight is 279 g/mol. The summed E-state index contributed by atoms with van der Waals surface area (Å²) in [4.78, 5) is 11.7. The van der Waals surface area contributed by atoms with Crippen molar-refractivity contribution in [3.63, 3.8) is 0 Å². The zero-order valence-corrected chi connectivity index (χ0v) is 12.0. The van der Waals surface area contributed by atoms with Crippen LogP contribution in [0, 0.1) is 5.41 Å². The van der Waals surface area contributed by atoms with Crippen molar-refractivity contribution in [3.05, 3.63) is 29.8 Å². The lowest BCUT2D eigenvalue weighted by molar-refractivity contribution is -0.123. The molecule has 0 atom stereocenters. The Morgan fingerprint density at radius 1 is 1.40 bits per heavy atom. The van der Waals surface area contributed by atoms with E-state index in [-0.39, 0.29) is 23.8 Å². The van der Waals surface area contributed by atoms with Crippen molar-refractivity contribution in [2.75, 3.05) is 13.2 Å². The number of benzene rings is 1. The van der Waals surface area contributed by atoms with Gasteiger partial charge in [0.1, 0.15) is 5.75 Å². The molecule has 6 nitrogen and oxygen atoms in total. The van der Waals surface area contributed by atoms with Gasteiger partial charge in [-0.3, -0.25) is 4.79 Å². The van der Waals surface area contributed by atoms with Crippen molar-refractivity contribution < 1.29 is 14.7 Å². The molecule has 110 valence electrons. The minimum atomic E-state index is -0.214. The zero-order valence-electron chi connectivity index (χ0n) is 12.0. The molecule has 0 heterocycles. The van der Waals surface area contributed by atoms with E-state index in [2.05, 4.69) is 10.5 Å². The van der Waals surface area contributed by atoms with Gasteiger partial charge in [0.05, 0.1) is 5.56 Å². The molecule has 0 fully saturated rings. The Bertz CT molecular complexity index is 493. The van der Waals surface area contributed by atoms with Gasteiger partial charge < -0.3 is 21.0 Å². The van der Waals surface area contributed by atoms with E-state index in [1.165, 1.54) is 0 Å². The molecule has 6 heteroatoms. The first kappa shape index (κ1) is 15.8. The highest BCUT2D eigenvalue weighted by Gasteiger charge is 2.13. The molecule has 4 N–H and O–H groups in total. The number of para-hydroxylation sites is 1. The number of ether oxygens (including phenoxy) is 1. The number of amides is 1. The van der Waals surface area contributed by atoms with Crippen LogP contribution in [0.1, 0.15) is 26.3 Å². The monoisotopic (exact) mass is 279 g/mol. The summed E-state index contributed by atoms with van der Waals surface area (Å²) in [6.45, 7) is 6.54. The van der Waals surface area contributed by atoms with E-state index >= 15 is 0 Å². The molecule has 0 radical (unpaired) electrons. The lowest BCUT2D eigenvalue weighted by Gasteiger charge is -2.19. The third-order valence-corrected chi connectivity index (χ3v) is 2.45. The maximum Gasteiger partial charge on any atom is 0.257 e. The summed E-state index contributed by atoms with van der Waals surface area (Å²) in [6, 6.07) is 6.79. The van der Waals surface area contributed by atoms with Gasteiger partial charge in [0.2, 0.25) is 0 Å². The summed E-state index contributed by atoms with van der Waals surface area (Å²) in [5, 5.41) is 14.4. The fourth-order valence-electron chi connectivity index (χ4n) is 1.42.